The molecule has 0 aliphatic rings. The molecule has 1 aromatic carbocycles. The maximum Gasteiger partial charge on any atom is 0.311 e. The van der Waals surface area contributed by atoms with Crippen molar-refractivity contribution in [3.63, 3.8) is 0 Å². The second-order valence-corrected chi connectivity index (χ2v) is 5.37. The first kappa shape index (κ1) is 17.2. The predicted octanol–water partition coefficient (Wildman–Crippen LogP) is 2.80. The van der Waals surface area contributed by atoms with Crippen LogP contribution in [0.3, 0.4) is 0 Å². The number of hydrogen-bond acceptors (Lipinski definition) is 2. The summed E-state index contributed by atoms with van der Waals surface area (Å²) in [7, 11) is 0. The Labute approximate surface area is 126 Å². The molecule has 0 heterocycles. The van der Waals surface area contributed by atoms with Gasteiger partial charge in [-0.05, 0) is 30.4 Å². The third kappa shape index (κ3) is 4.31. The zero-order valence-corrected chi connectivity index (χ0v) is 13.1. The highest BCUT2D eigenvalue weighted by molar-refractivity contribution is 5.80. The number of hydrogen-bond donors (Lipinski definition) is 2. The molecular weight excluding hydrogens is 266 g/mol. The van der Waals surface area contributed by atoms with Crippen molar-refractivity contribution in [3.05, 3.63) is 35.4 Å². The molecule has 0 fully saturated rings. The van der Waals surface area contributed by atoms with E-state index in [0.29, 0.717) is 19.3 Å². The first-order valence-electron chi connectivity index (χ1n) is 7.56. The minimum atomic E-state index is -0.861. The summed E-state index contributed by atoms with van der Waals surface area (Å²) in [6, 6.07) is 7.84. The molecule has 1 aromatic rings. The molecule has 0 saturated heterocycles. The average molecular weight is 291 g/mol. The van der Waals surface area contributed by atoms with Crippen LogP contribution in [0.2, 0.25) is 0 Å². The Kier molecular flexibility index (Phi) is 6.40. The second kappa shape index (κ2) is 7.81. The second-order valence-electron chi connectivity index (χ2n) is 5.37. The van der Waals surface area contributed by atoms with Crippen molar-refractivity contribution in [2.24, 2.45) is 5.41 Å². The van der Waals surface area contributed by atoms with Crippen LogP contribution < -0.4 is 5.32 Å². The van der Waals surface area contributed by atoms with E-state index >= 15 is 0 Å². The molecule has 0 saturated carbocycles. The van der Waals surface area contributed by atoms with E-state index in [4.69, 9.17) is 0 Å². The zero-order chi connectivity index (χ0) is 15.9. The molecule has 0 aliphatic heterocycles. The van der Waals surface area contributed by atoms with Gasteiger partial charge in [0.25, 0.3) is 0 Å². The van der Waals surface area contributed by atoms with Crippen LogP contribution in [0, 0.1) is 5.41 Å². The molecule has 2 N–H and O–H groups in total. The maximum absolute atomic E-state index is 12.1. The van der Waals surface area contributed by atoms with Crippen LogP contribution in [-0.4, -0.2) is 23.5 Å². The van der Waals surface area contributed by atoms with E-state index in [2.05, 4.69) is 12.2 Å². The highest BCUT2D eigenvalue weighted by Crippen LogP contribution is 2.25. The lowest BCUT2D eigenvalue weighted by Gasteiger charge is -2.26. The van der Waals surface area contributed by atoms with Crippen molar-refractivity contribution >= 4 is 11.9 Å². The van der Waals surface area contributed by atoms with Crippen molar-refractivity contribution in [2.75, 3.05) is 6.54 Å². The number of benzene rings is 1. The Morgan fingerprint density at radius 1 is 1.10 bits per heavy atom. The van der Waals surface area contributed by atoms with Crippen molar-refractivity contribution in [1.29, 1.82) is 0 Å². The third-order valence-corrected chi connectivity index (χ3v) is 4.28. The van der Waals surface area contributed by atoms with Gasteiger partial charge in [-0.3, -0.25) is 9.59 Å². The fraction of sp³-hybridized carbons (Fsp3) is 0.529. The molecule has 0 aliphatic carbocycles. The number of carboxylic acid groups (broad SMARTS) is 1. The molecule has 0 atom stereocenters. The summed E-state index contributed by atoms with van der Waals surface area (Å²) >= 11 is 0. The number of aryl methyl sites for hydroxylation is 1. The van der Waals surface area contributed by atoms with Crippen molar-refractivity contribution in [2.45, 2.75) is 46.5 Å². The van der Waals surface area contributed by atoms with Crippen molar-refractivity contribution < 1.29 is 14.7 Å². The van der Waals surface area contributed by atoms with Crippen LogP contribution >= 0.6 is 0 Å². The molecule has 0 bridgehead atoms. The van der Waals surface area contributed by atoms with Gasteiger partial charge in [0, 0.05) is 6.54 Å². The number of amides is 1. The SMILES string of the molecule is CCc1ccccc1CC(=O)NCC(CC)(CC)C(=O)O. The Bertz CT molecular complexity index is 493. The normalized spacial score (nSPS) is 11.2. The lowest BCUT2D eigenvalue weighted by Crippen LogP contribution is -2.42. The van der Waals surface area contributed by atoms with Crippen molar-refractivity contribution in [1.82, 2.24) is 5.32 Å². The number of carboxylic acids is 1. The maximum atomic E-state index is 12.1. The third-order valence-electron chi connectivity index (χ3n) is 4.28. The smallest absolute Gasteiger partial charge is 0.311 e. The molecule has 116 valence electrons. The van der Waals surface area contributed by atoms with Gasteiger partial charge in [-0.2, -0.15) is 0 Å². The number of aliphatic carboxylic acids is 1. The topological polar surface area (TPSA) is 66.4 Å². The molecule has 4 nitrogen and oxygen atoms in total. The van der Waals surface area contributed by atoms with E-state index in [1.807, 2.05) is 38.1 Å². The fourth-order valence-corrected chi connectivity index (χ4v) is 2.46. The summed E-state index contributed by atoms with van der Waals surface area (Å²) in [6.45, 7) is 5.93. The summed E-state index contributed by atoms with van der Waals surface area (Å²) < 4.78 is 0. The van der Waals surface area contributed by atoms with Gasteiger partial charge in [0.05, 0.1) is 11.8 Å². The van der Waals surface area contributed by atoms with Gasteiger partial charge in [-0.15, -0.1) is 0 Å². The number of carbonyl (C=O) groups excluding carboxylic acids is 1. The van der Waals surface area contributed by atoms with E-state index in [9.17, 15) is 14.7 Å². The Morgan fingerprint density at radius 3 is 2.14 bits per heavy atom. The summed E-state index contributed by atoms with van der Waals surface area (Å²) in [5, 5.41) is 12.1. The first-order valence-corrected chi connectivity index (χ1v) is 7.56. The van der Waals surface area contributed by atoms with E-state index in [0.717, 1.165) is 17.5 Å². The van der Waals surface area contributed by atoms with Crippen LogP contribution in [0.15, 0.2) is 24.3 Å². The molecule has 0 radical (unpaired) electrons. The Morgan fingerprint density at radius 2 is 1.67 bits per heavy atom. The van der Waals surface area contributed by atoms with Gasteiger partial charge in [0.2, 0.25) is 5.91 Å². The van der Waals surface area contributed by atoms with Crippen molar-refractivity contribution in [3.8, 4) is 0 Å². The average Bonchev–Trinajstić information content (AvgIpc) is 2.49. The highest BCUT2D eigenvalue weighted by Gasteiger charge is 2.35. The summed E-state index contributed by atoms with van der Waals surface area (Å²) in [6.07, 6.45) is 2.19. The van der Waals surface area contributed by atoms with E-state index in [1.165, 1.54) is 0 Å². The monoisotopic (exact) mass is 291 g/mol. The largest absolute Gasteiger partial charge is 0.481 e. The van der Waals surface area contributed by atoms with Gasteiger partial charge in [0.15, 0.2) is 0 Å². The number of rotatable bonds is 8. The lowest BCUT2D eigenvalue weighted by atomic mass is 9.82. The van der Waals surface area contributed by atoms with E-state index < -0.39 is 11.4 Å². The van der Waals surface area contributed by atoms with Gasteiger partial charge in [-0.25, -0.2) is 0 Å². The molecule has 21 heavy (non-hydrogen) atoms. The zero-order valence-electron chi connectivity index (χ0n) is 13.1. The Hall–Kier alpha value is -1.84. The summed E-state index contributed by atoms with van der Waals surface area (Å²) in [5.41, 5.74) is 1.30. The predicted molar refractivity (Wildman–Crippen MR) is 83.2 cm³/mol. The van der Waals surface area contributed by atoms with Crippen LogP contribution in [0.5, 0.6) is 0 Å². The molecule has 0 aromatic heterocycles. The first-order chi connectivity index (χ1) is 9.99. The number of carbonyl (C=O) groups is 2. The lowest BCUT2D eigenvalue weighted by molar-refractivity contribution is -0.149. The molecule has 0 unspecified atom stereocenters. The van der Waals surface area contributed by atoms with Crippen LogP contribution in [0.25, 0.3) is 0 Å². The van der Waals surface area contributed by atoms with Crippen LogP contribution in [0.4, 0.5) is 0 Å². The highest BCUT2D eigenvalue weighted by atomic mass is 16.4. The molecule has 4 heteroatoms. The quantitative estimate of drug-likeness (QED) is 0.774. The van der Waals surface area contributed by atoms with E-state index in [-0.39, 0.29) is 12.5 Å². The molecule has 0 spiro atoms. The fourth-order valence-electron chi connectivity index (χ4n) is 2.46. The van der Waals surface area contributed by atoms with Gasteiger partial charge >= 0.3 is 5.97 Å². The minimum Gasteiger partial charge on any atom is -0.481 e. The molecular formula is C17H25NO3. The summed E-state index contributed by atoms with van der Waals surface area (Å²) in [4.78, 5) is 23.5. The number of nitrogens with one attached hydrogen (secondary N) is 1. The van der Waals surface area contributed by atoms with Crippen LogP contribution in [-0.2, 0) is 22.4 Å². The van der Waals surface area contributed by atoms with E-state index in [1.54, 1.807) is 0 Å². The van der Waals surface area contributed by atoms with Gasteiger partial charge < -0.3 is 10.4 Å². The van der Waals surface area contributed by atoms with Gasteiger partial charge in [0.1, 0.15) is 0 Å². The Balaban J connectivity index is 2.68. The summed E-state index contributed by atoms with van der Waals surface area (Å²) in [5.74, 6) is -0.967. The van der Waals surface area contributed by atoms with Gasteiger partial charge in [-0.1, -0.05) is 45.0 Å². The molecule has 1 amide bonds. The molecule has 1 rings (SSSR count). The van der Waals surface area contributed by atoms with Crippen LogP contribution in [0.1, 0.15) is 44.7 Å². The minimum absolute atomic E-state index is 0.122. The standard InChI is InChI=1S/C17H25NO3/c1-4-13-9-7-8-10-14(13)11-15(19)18-12-17(5-2,6-3)16(20)21/h7-10H,4-6,11-12H2,1-3H3,(H,18,19)(H,20,21).